The van der Waals surface area contributed by atoms with Crippen molar-refractivity contribution >= 4 is 45.9 Å². The zero-order chi connectivity index (χ0) is 20.0. The minimum atomic E-state index is -0.356. The van der Waals surface area contributed by atoms with Crippen LogP contribution in [0.4, 0.5) is 0 Å². The first-order valence-electron chi connectivity index (χ1n) is 9.45. The molecule has 5 rings (SSSR count). The normalized spacial score (nSPS) is 17.9. The summed E-state index contributed by atoms with van der Waals surface area (Å²) in [4.78, 5) is 27.5. The minimum absolute atomic E-state index is 0.0265. The first kappa shape index (κ1) is 18.6. The first-order valence-corrected chi connectivity index (χ1v) is 11.0. The Labute approximate surface area is 177 Å². The molecule has 0 aliphatic carbocycles. The third-order valence-corrected chi connectivity index (χ3v) is 7.27. The van der Waals surface area contributed by atoms with Gasteiger partial charge >= 0.3 is 0 Å². The molecule has 1 spiro atoms. The third kappa shape index (κ3) is 3.11. The van der Waals surface area contributed by atoms with E-state index in [1.807, 2.05) is 41.3 Å². The lowest BCUT2D eigenvalue weighted by Gasteiger charge is -2.51. The van der Waals surface area contributed by atoms with Gasteiger partial charge in [-0.1, -0.05) is 42.5 Å². The molecule has 2 aromatic carbocycles. The summed E-state index contributed by atoms with van der Waals surface area (Å²) in [7, 11) is 0. The number of amides is 2. The number of carbonyl (C=O) groups excluding carboxylic acids is 2. The molecule has 0 unspecified atom stereocenters. The molecule has 2 fully saturated rings. The second-order valence-corrected chi connectivity index (χ2v) is 9.00. The SMILES string of the molecule is O=C(CCl)N1CC2(C1)SCC(=O)N2Cc1ccc(-c2cccc3ccccc23)o1. The molecule has 0 saturated carbocycles. The maximum absolute atomic E-state index is 12.5. The summed E-state index contributed by atoms with van der Waals surface area (Å²) >= 11 is 7.26. The van der Waals surface area contributed by atoms with Gasteiger partial charge in [-0.2, -0.15) is 0 Å². The van der Waals surface area contributed by atoms with Crippen LogP contribution in [-0.2, 0) is 16.1 Å². The van der Waals surface area contributed by atoms with Crippen molar-refractivity contribution < 1.29 is 14.0 Å². The Bertz CT molecular complexity index is 1100. The van der Waals surface area contributed by atoms with Crippen LogP contribution in [-0.4, -0.2) is 51.2 Å². The van der Waals surface area contributed by atoms with Gasteiger partial charge in [0.1, 0.15) is 22.3 Å². The highest BCUT2D eigenvalue weighted by Gasteiger charge is 2.55. The average Bonchev–Trinajstić information content (AvgIpc) is 3.31. The average molecular weight is 427 g/mol. The summed E-state index contributed by atoms with van der Waals surface area (Å²) in [6, 6.07) is 18.2. The number of hydrogen-bond donors (Lipinski definition) is 0. The number of furan rings is 1. The summed E-state index contributed by atoms with van der Waals surface area (Å²) in [6.07, 6.45) is 0. The molecule has 2 amide bonds. The van der Waals surface area contributed by atoms with Crippen molar-refractivity contribution in [3.63, 3.8) is 0 Å². The molecule has 0 radical (unpaired) electrons. The van der Waals surface area contributed by atoms with E-state index in [2.05, 4.69) is 18.2 Å². The Balaban J connectivity index is 1.38. The maximum Gasteiger partial charge on any atom is 0.237 e. The van der Waals surface area contributed by atoms with Gasteiger partial charge in [-0.15, -0.1) is 23.4 Å². The maximum atomic E-state index is 12.5. The third-order valence-electron chi connectivity index (χ3n) is 5.63. The zero-order valence-electron chi connectivity index (χ0n) is 15.6. The molecular formula is C22H19ClN2O3S. The van der Waals surface area contributed by atoms with Crippen LogP contribution in [0.25, 0.3) is 22.1 Å². The molecule has 1 aromatic heterocycles. The molecule has 3 heterocycles. The van der Waals surface area contributed by atoms with Crippen molar-refractivity contribution in [3.05, 3.63) is 60.4 Å². The van der Waals surface area contributed by atoms with Gasteiger partial charge < -0.3 is 14.2 Å². The first-order chi connectivity index (χ1) is 14.1. The number of hydrogen-bond acceptors (Lipinski definition) is 4. The second-order valence-electron chi connectivity index (χ2n) is 7.39. The van der Waals surface area contributed by atoms with E-state index in [0.29, 0.717) is 25.4 Å². The summed E-state index contributed by atoms with van der Waals surface area (Å²) < 4.78 is 6.14. The standard InChI is InChI=1S/C22H19ClN2O3S/c23-10-20(26)24-13-22(14-24)25(21(27)12-29-22)11-16-8-9-19(28-16)18-7-3-5-15-4-1-2-6-17(15)18/h1-9H,10-14H2. The lowest BCUT2D eigenvalue weighted by Crippen LogP contribution is -2.68. The molecule has 2 aliphatic heterocycles. The van der Waals surface area contributed by atoms with Crippen LogP contribution in [0.3, 0.4) is 0 Å². The van der Waals surface area contributed by atoms with E-state index < -0.39 is 0 Å². The van der Waals surface area contributed by atoms with Gasteiger partial charge in [0.15, 0.2) is 0 Å². The van der Waals surface area contributed by atoms with Crippen LogP contribution in [0.5, 0.6) is 0 Å². The van der Waals surface area contributed by atoms with Crippen molar-refractivity contribution in [2.24, 2.45) is 0 Å². The van der Waals surface area contributed by atoms with Crippen molar-refractivity contribution in [1.29, 1.82) is 0 Å². The number of rotatable bonds is 4. The van der Waals surface area contributed by atoms with Crippen molar-refractivity contribution in [2.75, 3.05) is 24.7 Å². The Kier molecular flexibility index (Phi) is 4.56. The zero-order valence-corrected chi connectivity index (χ0v) is 17.2. The number of likely N-dealkylation sites (tertiary alicyclic amines) is 1. The fourth-order valence-corrected chi connectivity index (χ4v) is 5.62. The van der Waals surface area contributed by atoms with Gasteiger partial charge in [0.25, 0.3) is 0 Å². The smallest absolute Gasteiger partial charge is 0.237 e. The highest BCUT2D eigenvalue weighted by atomic mass is 35.5. The minimum Gasteiger partial charge on any atom is -0.459 e. The molecule has 2 aliphatic rings. The van der Waals surface area contributed by atoms with Gasteiger partial charge in [-0.3, -0.25) is 9.59 Å². The number of fused-ring (bicyclic) bond motifs is 1. The number of nitrogens with zero attached hydrogens (tertiary/aromatic N) is 2. The van der Waals surface area contributed by atoms with Crippen LogP contribution in [0.1, 0.15) is 5.76 Å². The van der Waals surface area contributed by atoms with Gasteiger partial charge in [-0.05, 0) is 22.9 Å². The monoisotopic (exact) mass is 426 g/mol. The van der Waals surface area contributed by atoms with E-state index in [4.69, 9.17) is 16.0 Å². The van der Waals surface area contributed by atoms with Gasteiger partial charge in [0.2, 0.25) is 11.8 Å². The van der Waals surface area contributed by atoms with Crippen LogP contribution < -0.4 is 0 Å². The molecule has 29 heavy (non-hydrogen) atoms. The fourth-order valence-electron chi connectivity index (χ4n) is 4.09. The summed E-state index contributed by atoms with van der Waals surface area (Å²) in [5.74, 6) is 1.92. The molecule has 0 atom stereocenters. The molecule has 148 valence electrons. The molecule has 3 aromatic rings. The Morgan fingerprint density at radius 3 is 2.72 bits per heavy atom. The number of thioether (sulfide) groups is 1. The predicted molar refractivity (Wildman–Crippen MR) is 115 cm³/mol. The van der Waals surface area contributed by atoms with Crippen LogP contribution >= 0.6 is 23.4 Å². The van der Waals surface area contributed by atoms with E-state index in [1.54, 1.807) is 16.7 Å². The Morgan fingerprint density at radius 1 is 1.10 bits per heavy atom. The quantitative estimate of drug-likeness (QED) is 0.593. The van der Waals surface area contributed by atoms with Crippen LogP contribution in [0.15, 0.2) is 59.0 Å². The molecule has 5 nitrogen and oxygen atoms in total. The van der Waals surface area contributed by atoms with E-state index in [9.17, 15) is 9.59 Å². The molecule has 2 saturated heterocycles. The summed E-state index contributed by atoms with van der Waals surface area (Å²) in [6.45, 7) is 1.44. The van der Waals surface area contributed by atoms with Crippen LogP contribution in [0, 0.1) is 0 Å². The van der Waals surface area contributed by atoms with Gasteiger partial charge in [0, 0.05) is 5.56 Å². The number of benzene rings is 2. The lowest BCUT2D eigenvalue weighted by atomic mass is 10.0. The van der Waals surface area contributed by atoms with E-state index in [0.717, 1.165) is 27.9 Å². The molecule has 0 N–H and O–H groups in total. The van der Waals surface area contributed by atoms with Gasteiger partial charge in [-0.25, -0.2) is 0 Å². The number of carbonyl (C=O) groups is 2. The summed E-state index contributed by atoms with van der Waals surface area (Å²) in [5.41, 5.74) is 1.04. The lowest BCUT2D eigenvalue weighted by molar-refractivity contribution is -0.145. The Hall–Kier alpha value is -2.44. The molecular weight excluding hydrogens is 408 g/mol. The fraction of sp³-hybridized carbons (Fsp3) is 0.273. The van der Waals surface area contributed by atoms with E-state index in [-0.39, 0.29) is 22.6 Å². The molecule has 0 bridgehead atoms. The predicted octanol–water partition coefficient (Wildman–Crippen LogP) is 3.95. The highest BCUT2D eigenvalue weighted by molar-refractivity contribution is 8.01. The summed E-state index contributed by atoms with van der Waals surface area (Å²) in [5, 5.41) is 2.29. The van der Waals surface area contributed by atoms with E-state index in [1.165, 1.54) is 0 Å². The van der Waals surface area contributed by atoms with Crippen molar-refractivity contribution in [2.45, 2.75) is 11.4 Å². The van der Waals surface area contributed by atoms with Crippen molar-refractivity contribution in [1.82, 2.24) is 9.80 Å². The number of halogens is 1. The molecule has 7 heteroatoms. The highest BCUT2D eigenvalue weighted by Crippen LogP contribution is 2.45. The van der Waals surface area contributed by atoms with E-state index >= 15 is 0 Å². The number of alkyl halides is 1. The topological polar surface area (TPSA) is 53.8 Å². The largest absolute Gasteiger partial charge is 0.459 e. The van der Waals surface area contributed by atoms with Gasteiger partial charge in [0.05, 0.1) is 25.4 Å². The van der Waals surface area contributed by atoms with Crippen molar-refractivity contribution in [3.8, 4) is 11.3 Å². The van der Waals surface area contributed by atoms with Crippen LogP contribution in [0.2, 0.25) is 0 Å². The second kappa shape index (κ2) is 7.11. The Morgan fingerprint density at radius 2 is 1.90 bits per heavy atom.